The number of allylic oxidation sites excluding steroid dienone is 3. The molecule has 1 unspecified atom stereocenters. The third-order valence-electron chi connectivity index (χ3n) is 3.96. The van der Waals surface area contributed by atoms with Gasteiger partial charge >= 0.3 is 0 Å². The van der Waals surface area contributed by atoms with Gasteiger partial charge in [0, 0.05) is 16.9 Å². The van der Waals surface area contributed by atoms with Crippen LogP contribution in [0.15, 0.2) is 75.3 Å². The van der Waals surface area contributed by atoms with Crippen molar-refractivity contribution in [1.82, 2.24) is 0 Å². The van der Waals surface area contributed by atoms with Crippen LogP contribution in [0.1, 0.15) is 24.5 Å². The fourth-order valence-corrected chi connectivity index (χ4v) is 5.05. The molecule has 1 atom stereocenters. The lowest BCUT2D eigenvalue weighted by molar-refractivity contribution is 0.680. The van der Waals surface area contributed by atoms with Crippen molar-refractivity contribution in [2.45, 2.75) is 25.2 Å². The Morgan fingerprint density at radius 1 is 1.09 bits per heavy atom. The molecule has 0 bridgehead atoms. The maximum absolute atomic E-state index is 13.7. The molecular weight excluding hydrogens is 290 g/mol. The second kappa shape index (κ2) is 5.58. The highest BCUT2D eigenvalue weighted by Gasteiger charge is 2.26. The minimum Gasteiger partial charge on any atom is -0.240 e. The number of benzene rings is 2. The summed E-state index contributed by atoms with van der Waals surface area (Å²) >= 11 is 0. The molecule has 0 aliphatic carbocycles. The maximum atomic E-state index is 13.7. The largest absolute Gasteiger partial charge is 0.240 e. The predicted molar refractivity (Wildman–Crippen MR) is 93.5 cm³/mol. The summed E-state index contributed by atoms with van der Waals surface area (Å²) < 4.78 is 18.4. The molecule has 2 nitrogen and oxygen atoms in total. The zero-order valence-electron chi connectivity index (χ0n) is 12.9. The number of fused-ring (bicyclic) bond motifs is 1. The van der Waals surface area contributed by atoms with E-state index in [1.54, 1.807) is 6.08 Å². The normalized spacial score (nSPS) is 20.3. The second-order valence-electron chi connectivity index (χ2n) is 5.49. The van der Waals surface area contributed by atoms with E-state index < -0.39 is 9.73 Å². The van der Waals surface area contributed by atoms with Gasteiger partial charge in [-0.15, -0.1) is 6.58 Å². The van der Waals surface area contributed by atoms with Crippen molar-refractivity contribution in [3.63, 3.8) is 0 Å². The average molecular weight is 309 g/mol. The lowest BCUT2D eigenvalue weighted by Crippen LogP contribution is -2.10. The van der Waals surface area contributed by atoms with E-state index in [9.17, 15) is 4.21 Å². The van der Waals surface area contributed by atoms with Crippen LogP contribution in [-0.4, -0.2) is 4.21 Å². The molecule has 3 rings (SSSR count). The minimum absolute atomic E-state index is 0.580. The van der Waals surface area contributed by atoms with Gasteiger partial charge < -0.3 is 0 Å². The van der Waals surface area contributed by atoms with Gasteiger partial charge in [0.05, 0.1) is 10.6 Å². The first-order chi connectivity index (χ1) is 10.6. The monoisotopic (exact) mass is 309 g/mol. The van der Waals surface area contributed by atoms with Crippen LogP contribution in [0.5, 0.6) is 0 Å². The summed E-state index contributed by atoms with van der Waals surface area (Å²) in [4.78, 5) is 1.63. The molecule has 2 aromatic carbocycles. The maximum Gasteiger partial charge on any atom is 0.105 e. The predicted octanol–water partition coefficient (Wildman–Crippen LogP) is 5.47. The summed E-state index contributed by atoms with van der Waals surface area (Å²) in [5.41, 5.74) is 4.06. The molecule has 112 valence electrons. The Kier molecular flexibility index (Phi) is 3.75. The van der Waals surface area contributed by atoms with Gasteiger partial charge in [-0.05, 0) is 37.6 Å². The molecule has 0 amide bonds. The smallest absolute Gasteiger partial charge is 0.105 e. The summed E-state index contributed by atoms with van der Waals surface area (Å²) in [6.07, 6.45) is 2.38. The van der Waals surface area contributed by atoms with Crippen LogP contribution < -0.4 is 0 Å². The highest BCUT2D eigenvalue weighted by atomic mass is 32.2. The number of aryl methyl sites for hydroxylation is 1. The fourth-order valence-electron chi connectivity index (χ4n) is 2.74. The van der Waals surface area contributed by atoms with Gasteiger partial charge in [0.15, 0.2) is 0 Å². The molecule has 2 aromatic rings. The van der Waals surface area contributed by atoms with E-state index in [2.05, 4.69) is 10.9 Å². The van der Waals surface area contributed by atoms with Gasteiger partial charge in [0.25, 0.3) is 0 Å². The molecule has 1 heterocycles. The number of hydrogen-bond donors (Lipinski definition) is 0. The third kappa shape index (κ3) is 2.32. The van der Waals surface area contributed by atoms with E-state index in [4.69, 9.17) is 0 Å². The first-order valence-corrected chi connectivity index (χ1v) is 8.81. The quantitative estimate of drug-likeness (QED) is 0.691. The van der Waals surface area contributed by atoms with E-state index in [-0.39, 0.29) is 0 Å². The summed E-state index contributed by atoms with van der Waals surface area (Å²) in [5, 5.41) is 0. The minimum atomic E-state index is -2.62. The van der Waals surface area contributed by atoms with Gasteiger partial charge in [-0.3, -0.25) is 0 Å². The van der Waals surface area contributed by atoms with Crippen LogP contribution in [-0.2, 0) is 9.73 Å². The topological polar surface area (TPSA) is 29.4 Å². The Morgan fingerprint density at radius 3 is 2.45 bits per heavy atom. The first-order valence-electron chi connectivity index (χ1n) is 7.30. The molecule has 1 aliphatic heterocycles. The van der Waals surface area contributed by atoms with E-state index in [1.165, 1.54) is 0 Å². The number of rotatable bonds is 3. The van der Waals surface area contributed by atoms with Gasteiger partial charge in [0.2, 0.25) is 0 Å². The second-order valence-corrected chi connectivity index (χ2v) is 7.69. The summed E-state index contributed by atoms with van der Waals surface area (Å²) in [6.45, 7) is 7.87. The standard InChI is InChI=1S/C19H19NOS/c1-4-7-19-15(3)17-8-5-6-9-18(17)20-22(19,21)16-12-10-14(2)11-13-16/h4-6,8-13H,1,7H2,2-3H3. The summed E-state index contributed by atoms with van der Waals surface area (Å²) in [7, 11) is -2.62. The molecule has 0 fully saturated rings. The van der Waals surface area contributed by atoms with Crippen molar-refractivity contribution in [3.05, 3.63) is 77.2 Å². The molecular formula is C19H19NOS. The highest BCUT2D eigenvalue weighted by Crippen LogP contribution is 2.41. The Hall–Kier alpha value is -2.13. The van der Waals surface area contributed by atoms with Gasteiger partial charge in [-0.2, -0.15) is 4.36 Å². The number of nitrogens with zero attached hydrogens (tertiary/aromatic N) is 1. The zero-order valence-corrected chi connectivity index (χ0v) is 13.7. The lowest BCUT2D eigenvalue weighted by Gasteiger charge is -2.22. The van der Waals surface area contributed by atoms with Gasteiger partial charge in [0.1, 0.15) is 9.73 Å². The van der Waals surface area contributed by atoms with E-state index in [0.717, 1.165) is 32.2 Å². The van der Waals surface area contributed by atoms with Crippen molar-refractivity contribution in [2.24, 2.45) is 4.36 Å². The van der Waals surface area contributed by atoms with Gasteiger partial charge in [-0.25, -0.2) is 4.21 Å². The van der Waals surface area contributed by atoms with Crippen LogP contribution in [0.2, 0.25) is 0 Å². The van der Waals surface area contributed by atoms with Crippen LogP contribution in [0.4, 0.5) is 5.69 Å². The summed E-state index contributed by atoms with van der Waals surface area (Å²) in [5.74, 6) is 0. The van der Waals surface area contributed by atoms with Crippen LogP contribution in [0, 0.1) is 6.92 Å². The first kappa shape index (κ1) is 14.8. The molecule has 0 aromatic heterocycles. The number of hydrogen-bond acceptors (Lipinski definition) is 2. The SMILES string of the molecule is C=CCC1=C(C)c2ccccc2N=S1(=O)c1ccc(C)cc1. The van der Waals surface area contributed by atoms with Gasteiger partial charge in [-0.1, -0.05) is 42.0 Å². The van der Waals surface area contributed by atoms with E-state index in [1.807, 2.05) is 62.4 Å². The van der Waals surface area contributed by atoms with Crippen molar-refractivity contribution >= 4 is 21.0 Å². The molecule has 0 spiro atoms. The zero-order chi connectivity index (χ0) is 15.7. The molecule has 1 aliphatic rings. The summed E-state index contributed by atoms with van der Waals surface area (Å²) in [6, 6.07) is 15.7. The van der Waals surface area contributed by atoms with Crippen molar-refractivity contribution in [3.8, 4) is 0 Å². The molecule has 0 saturated carbocycles. The van der Waals surface area contributed by atoms with Crippen molar-refractivity contribution < 1.29 is 4.21 Å². The Morgan fingerprint density at radius 2 is 1.77 bits per heavy atom. The third-order valence-corrected chi connectivity index (χ3v) is 6.46. The van der Waals surface area contributed by atoms with Crippen LogP contribution in [0.3, 0.4) is 0 Å². The molecule has 3 heteroatoms. The Labute approximate surface area is 132 Å². The fraction of sp³-hybridized carbons (Fsp3) is 0.158. The average Bonchev–Trinajstić information content (AvgIpc) is 2.52. The molecule has 22 heavy (non-hydrogen) atoms. The molecule has 0 radical (unpaired) electrons. The lowest BCUT2D eigenvalue weighted by atomic mass is 10.0. The van der Waals surface area contributed by atoms with Crippen LogP contribution in [0.25, 0.3) is 5.57 Å². The Balaban J connectivity index is 2.34. The van der Waals surface area contributed by atoms with Crippen molar-refractivity contribution in [1.29, 1.82) is 0 Å². The molecule has 0 saturated heterocycles. The van der Waals surface area contributed by atoms with E-state index >= 15 is 0 Å². The van der Waals surface area contributed by atoms with Crippen molar-refractivity contribution in [2.75, 3.05) is 0 Å². The highest BCUT2D eigenvalue weighted by molar-refractivity contribution is 7.97. The molecule has 0 N–H and O–H groups in total. The van der Waals surface area contributed by atoms with E-state index in [0.29, 0.717) is 6.42 Å². The van der Waals surface area contributed by atoms with Crippen LogP contribution >= 0.6 is 0 Å². The Bertz CT molecular complexity index is 882.